The smallest absolute Gasteiger partial charge is 0.220 e. The third kappa shape index (κ3) is 2.11. The molecule has 1 aliphatic heterocycles. The summed E-state index contributed by atoms with van der Waals surface area (Å²) in [5.74, 6) is 0.749. The van der Waals surface area contributed by atoms with Crippen LogP contribution in [0.15, 0.2) is 24.3 Å². The molecule has 1 aromatic carbocycles. The van der Waals surface area contributed by atoms with E-state index < -0.39 is 0 Å². The van der Waals surface area contributed by atoms with Gasteiger partial charge in [-0.2, -0.15) is 0 Å². The van der Waals surface area contributed by atoms with Gasteiger partial charge in [0.1, 0.15) is 0 Å². The van der Waals surface area contributed by atoms with Crippen LogP contribution in [-0.4, -0.2) is 22.3 Å². The Morgan fingerprint density at radius 1 is 1.40 bits per heavy atom. The lowest BCUT2D eigenvalue weighted by molar-refractivity contribution is -0.132. The van der Waals surface area contributed by atoms with Crippen LogP contribution in [-0.2, 0) is 11.2 Å². The molecule has 1 N–H and O–H groups in total. The zero-order valence-electron chi connectivity index (χ0n) is 12.4. The zero-order chi connectivity index (χ0) is 14.3. The zero-order valence-corrected chi connectivity index (χ0v) is 12.4. The van der Waals surface area contributed by atoms with E-state index in [2.05, 4.69) is 43.1 Å². The summed E-state index contributed by atoms with van der Waals surface area (Å²) >= 11 is 0. The molecule has 106 valence electrons. The molecular formula is C17H22N2O. The minimum atomic E-state index is 0.181. The van der Waals surface area contributed by atoms with E-state index in [9.17, 15) is 4.79 Å². The van der Waals surface area contributed by atoms with Gasteiger partial charge in [0.2, 0.25) is 5.91 Å². The van der Waals surface area contributed by atoms with Gasteiger partial charge in [0.05, 0.1) is 6.04 Å². The number of fused-ring (bicyclic) bond motifs is 3. The molecule has 0 unspecified atom stereocenters. The quantitative estimate of drug-likeness (QED) is 0.888. The summed E-state index contributed by atoms with van der Waals surface area (Å²) in [6, 6.07) is 8.65. The highest BCUT2D eigenvalue weighted by Gasteiger charge is 2.31. The minimum absolute atomic E-state index is 0.181. The van der Waals surface area contributed by atoms with Crippen molar-refractivity contribution in [3.05, 3.63) is 35.5 Å². The first-order valence-corrected chi connectivity index (χ1v) is 7.44. The summed E-state index contributed by atoms with van der Waals surface area (Å²) in [4.78, 5) is 17.5. The lowest BCUT2D eigenvalue weighted by Gasteiger charge is -2.36. The van der Waals surface area contributed by atoms with Crippen LogP contribution in [0.4, 0.5) is 0 Å². The number of hydrogen-bond donors (Lipinski definition) is 1. The van der Waals surface area contributed by atoms with Crippen molar-refractivity contribution in [3.8, 4) is 0 Å². The Labute approximate surface area is 120 Å². The third-order valence-electron chi connectivity index (χ3n) is 4.26. The van der Waals surface area contributed by atoms with Crippen LogP contribution in [0.2, 0.25) is 0 Å². The van der Waals surface area contributed by atoms with Crippen molar-refractivity contribution in [2.75, 3.05) is 6.54 Å². The molecule has 0 fully saturated rings. The average molecular weight is 270 g/mol. The van der Waals surface area contributed by atoms with E-state index in [1.807, 2.05) is 4.90 Å². The average Bonchev–Trinajstić information content (AvgIpc) is 2.77. The minimum Gasteiger partial charge on any atom is -0.356 e. The molecule has 20 heavy (non-hydrogen) atoms. The van der Waals surface area contributed by atoms with Crippen molar-refractivity contribution in [3.63, 3.8) is 0 Å². The summed E-state index contributed by atoms with van der Waals surface area (Å²) in [6.45, 7) is 6.95. The largest absolute Gasteiger partial charge is 0.356 e. The van der Waals surface area contributed by atoms with Crippen molar-refractivity contribution in [1.82, 2.24) is 9.88 Å². The lowest BCUT2D eigenvalue weighted by Crippen LogP contribution is -2.39. The monoisotopic (exact) mass is 270 g/mol. The van der Waals surface area contributed by atoms with Crippen molar-refractivity contribution in [1.29, 1.82) is 0 Å². The van der Waals surface area contributed by atoms with Gasteiger partial charge in [0.25, 0.3) is 0 Å². The van der Waals surface area contributed by atoms with Gasteiger partial charge >= 0.3 is 0 Å². The maximum absolute atomic E-state index is 11.9. The predicted molar refractivity (Wildman–Crippen MR) is 81.6 cm³/mol. The van der Waals surface area contributed by atoms with Crippen LogP contribution in [0.25, 0.3) is 10.9 Å². The number of rotatable bonds is 2. The molecule has 0 saturated carbocycles. The molecule has 3 nitrogen and oxygen atoms in total. The molecule has 0 aliphatic carbocycles. The molecule has 3 heteroatoms. The number of amides is 1. The molecular weight excluding hydrogens is 248 g/mol. The maximum Gasteiger partial charge on any atom is 0.220 e. The normalized spacial score (nSPS) is 18.6. The standard InChI is InChI=1S/C17H22N2O/c1-11(2)10-16-17-14(8-9-19(16)12(3)20)13-6-4-5-7-15(13)18-17/h4-7,11,16,18H,8-10H2,1-3H3/t16-/m0/s1. The SMILES string of the molecule is CC(=O)N1CCc2c([nH]c3ccccc23)[C@@H]1CC(C)C. The number of benzene rings is 1. The van der Waals surface area contributed by atoms with Crippen molar-refractivity contribution in [2.45, 2.75) is 39.7 Å². The fourth-order valence-electron chi connectivity index (χ4n) is 3.39. The fourth-order valence-corrected chi connectivity index (χ4v) is 3.39. The van der Waals surface area contributed by atoms with E-state index in [0.29, 0.717) is 5.92 Å². The Balaban J connectivity index is 2.11. The maximum atomic E-state index is 11.9. The van der Waals surface area contributed by atoms with Gasteiger partial charge in [0, 0.05) is 30.1 Å². The molecule has 2 aromatic rings. The number of H-pyrrole nitrogens is 1. The third-order valence-corrected chi connectivity index (χ3v) is 4.26. The highest BCUT2D eigenvalue weighted by Crippen LogP contribution is 2.37. The Morgan fingerprint density at radius 3 is 2.85 bits per heavy atom. The van der Waals surface area contributed by atoms with E-state index in [4.69, 9.17) is 0 Å². The second-order valence-electron chi connectivity index (χ2n) is 6.17. The number of carbonyl (C=O) groups excluding carboxylic acids is 1. The number of nitrogens with zero attached hydrogens (tertiary/aromatic N) is 1. The van der Waals surface area contributed by atoms with E-state index in [1.54, 1.807) is 6.92 Å². The van der Waals surface area contributed by atoms with Gasteiger partial charge in [-0.05, 0) is 30.4 Å². The molecule has 1 aromatic heterocycles. The summed E-state index contributed by atoms with van der Waals surface area (Å²) < 4.78 is 0. The van der Waals surface area contributed by atoms with Crippen LogP contribution in [0.3, 0.4) is 0 Å². The lowest BCUT2D eigenvalue weighted by atomic mass is 9.91. The van der Waals surface area contributed by atoms with Gasteiger partial charge in [-0.15, -0.1) is 0 Å². The first-order chi connectivity index (χ1) is 9.58. The second-order valence-corrected chi connectivity index (χ2v) is 6.17. The number of aromatic nitrogens is 1. The Kier molecular flexibility index (Phi) is 3.28. The Hall–Kier alpha value is -1.77. The van der Waals surface area contributed by atoms with E-state index in [0.717, 1.165) is 19.4 Å². The first kappa shape index (κ1) is 13.2. The van der Waals surface area contributed by atoms with Crippen LogP contribution in [0.1, 0.15) is 44.5 Å². The number of nitrogens with one attached hydrogen (secondary N) is 1. The first-order valence-electron chi connectivity index (χ1n) is 7.44. The van der Waals surface area contributed by atoms with Gasteiger partial charge in [0.15, 0.2) is 0 Å². The van der Waals surface area contributed by atoms with Crippen molar-refractivity contribution in [2.24, 2.45) is 5.92 Å². The Morgan fingerprint density at radius 2 is 2.15 bits per heavy atom. The fraction of sp³-hybridized carbons (Fsp3) is 0.471. The topological polar surface area (TPSA) is 36.1 Å². The number of para-hydroxylation sites is 1. The second kappa shape index (κ2) is 4.97. The van der Waals surface area contributed by atoms with Crippen LogP contribution >= 0.6 is 0 Å². The van der Waals surface area contributed by atoms with Crippen LogP contribution in [0, 0.1) is 5.92 Å². The van der Waals surface area contributed by atoms with Gasteiger partial charge in [-0.1, -0.05) is 32.0 Å². The molecule has 1 aliphatic rings. The molecule has 1 amide bonds. The summed E-state index contributed by atoms with van der Waals surface area (Å²) in [6.07, 6.45) is 1.97. The molecule has 0 radical (unpaired) electrons. The molecule has 2 heterocycles. The molecule has 0 bridgehead atoms. The summed E-state index contributed by atoms with van der Waals surface area (Å²) in [5, 5.41) is 1.32. The predicted octanol–water partition coefficient (Wildman–Crippen LogP) is 3.66. The molecule has 3 rings (SSSR count). The van der Waals surface area contributed by atoms with Gasteiger partial charge < -0.3 is 9.88 Å². The van der Waals surface area contributed by atoms with E-state index in [1.165, 1.54) is 22.2 Å². The van der Waals surface area contributed by atoms with Gasteiger partial charge in [-0.25, -0.2) is 0 Å². The van der Waals surface area contributed by atoms with Crippen LogP contribution < -0.4 is 0 Å². The molecule has 1 atom stereocenters. The summed E-state index contributed by atoms with van der Waals surface area (Å²) in [5.41, 5.74) is 3.85. The van der Waals surface area contributed by atoms with Gasteiger partial charge in [-0.3, -0.25) is 4.79 Å². The highest BCUT2D eigenvalue weighted by atomic mass is 16.2. The number of hydrogen-bond acceptors (Lipinski definition) is 1. The van der Waals surface area contributed by atoms with Crippen molar-refractivity contribution < 1.29 is 4.79 Å². The number of aromatic amines is 1. The highest BCUT2D eigenvalue weighted by molar-refractivity contribution is 5.86. The molecule has 0 spiro atoms. The Bertz CT molecular complexity index is 641. The van der Waals surface area contributed by atoms with E-state index in [-0.39, 0.29) is 11.9 Å². The number of carbonyl (C=O) groups is 1. The van der Waals surface area contributed by atoms with E-state index >= 15 is 0 Å². The molecule has 0 saturated heterocycles. The summed E-state index contributed by atoms with van der Waals surface area (Å²) in [7, 11) is 0. The van der Waals surface area contributed by atoms with Crippen LogP contribution in [0.5, 0.6) is 0 Å². The van der Waals surface area contributed by atoms with Crippen molar-refractivity contribution >= 4 is 16.8 Å².